The maximum atomic E-state index is 4.66. The summed E-state index contributed by atoms with van der Waals surface area (Å²) in [5.74, 6) is 1.14. The zero-order valence-electron chi connectivity index (χ0n) is 12.4. The summed E-state index contributed by atoms with van der Waals surface area (Å²) in [6.45, 7) is 11.4. The summed E-state index contributed by atoms with van der Waals surface area (Å²) in [6, 6.07) is 5.32. The molecule has 1 aliphatic heterocycles. The fraction of sp³-hybridized carbons (Fsp3) is 0.688. The first-order chi connectivity index (χ1) is 9.04. The van der Waals surface area contributed by atoms with E-state index in [1.54, 1.807) is 0 Å². The van der Waals surface area contributed by atoms with E-state index in [-0.39, 0.29) is 5.41 Å². The van der Waals surface area contributed by atoms with Crippen LogP contribution >= 0.6 is 0 Å². The molecule has 3 heteroatoms. The molecule has 1 aromatic rings. The average molecular weight is 259 g/mol. The average Bonchev–Trinajstić information content (AvgIpc) is 3.22. The molecule has 2 fully saturated rings. The Kier molecular flexibility index (Phi) is 3.25. The molecule has 2 heterocycles. The van der Waals surface area contributed by atoms with Crippen molar-refractivity contribution in [2.45, 2.75) is 45.1 Å². The van der Waals surface area contributed by atoms with Gasteiger partial charge in [-0.15, -0.1) is 0 Å². The van der Waals surface area contributed by atoms with E-state index in [2.05, 4.69) is 47.7 Å². The third-order valence-electron chi connectivity index (χ3n) is 4.32. The highest BCUT2D eigenvalue weighted by atomic mass is 15.3. The predicted octanol–water partition coefficient (Wildman–Crippen LogP) is 2.66. The van der Waals surface area contributed by atoms with Crippen molar-refractivity contribution < 1.29 is 0 Å². The number of rotatable bonds is 2. The van der Waals surface area contributed by atoms with Gasteiger partial charge in [0.15, 0.2) is 0 Å². The van der Waals surface area contributed by atoms with E-state index in [0.29, 0.717) is 0 Å². The van der Waals surface area contributed by atoms with Crippen molar-refractivity contribution in [3.05, 3.63) is 23.9 Å². The Morgan fingerprint density at radius 1 is 1.05 bits per heavy atom. The molecule has 0 amide bonds. The van der Waals surface area contributed by atoms with Crippen molar-refractivity contribution >= 4 is 5.82 Å². The molecule has 0 aromatic carbocycles. The van der Waals surface area contributed by atoms with Crippen LogP contribution < -0.4 is 4.90 Å². The van der Waals surface area contributed by atoms with E-state index in [1.165, 1.54) is 31.5 Å². The van der Waals surface area contributed by atoms with Crippen LogP contribution in [0.25, 0.3) is 0 Å². The van der Waals surface area contributed by atoms with Crippen LogP contribution in [0.1, 0.15) is 39.2 Å². The number of nitrogens with zero attached hydrogens (tertiary/aromatic N) is 3. The number of pyridine rings is 1. The maximum absolute atomic E-state index is 4.66. The zero-order valence-corrected chi connectivity index (χ0v) is 12.4. The Balaban J connectivity index is 1.63. The Labute approximate surface area is 116 Å². The second-order valence-electron chi connectivity index (χ2n) is 6.91. The van der Waals surface area contributed by atoms with E-state index in [4.69, 9.17) is 0 Å². The summed E-state index contributed by atoms with van der Waals surface area (Å²) in [5.41, 5.74) is 1.50. The Bertz CT molecular complexity index is 420. The molecule has 0 spiro atoms. The van der Waals surface area contributed by atoms with Gasteiger partial charge in [-0.1, -0.05) is 26.8 Å². The third kappa shape index (κ3) is 2.92. The van der Waals surface area contributed by atoms with E-state index in [0.717, 1.165) is 24.9 Å². The minimum Gasteiger partial charge on any atom is -0.354 e. The van der Waals surface area contributed by atoms with Gasteiger partial charge in [0.2, 0.25) is 0 Å². The summed E-state index contributed by atoms with van der Waals surface area (Å²) in [6.07, 6.45) is 4.87. The van der Waals surface area contributed by atoms with E-state index in [9.17, 15) is 0 Å². The fourth-order valence-electron chi connectivity index (χ4n) is 2.77. The minimum absolute atomic E-state index is 0.191. The van der Waals surface area contributed by atoms with Crippen LogP contribution in [-0.2, 0) is 5.41 Å². The van der Waals surface area contributed by atoms with E-state index < -0.39 is 0 Å². The van der Waals surface area contributed by atoms with Crippen LogP contribution in [0, 0.1) is 0 Å². The first kappa shape index (κ1) is 12.9. The third-order valence-corrected chi connectivity index (χ3v) is 4.32. The summed E-state index contributed by atoms with van der Waals surface area (Å²) in [5, 5.41) is 0. The van der Waals surface area contributed by atoms with Crippen LogP contribution in [0.3, 0.4) is 0 Å². The molecule has 0 radical (unpaired) electrons. The summed E-state index contributed by atoms with van der Waals surface area (Å²) < 4.78 is 0. The minimum atomic E-state index is 0.191. The fourth-order valence-corrected chi connectivity index (χ4v) is 2.77. The summed E-state index contributed by atoms with van der Waals surface area (Å²) in [4.78, 5) is 9.72. The predicted molar refractivity (Wildman–Crippen MR) is 79.7 cm³/mol. The molecular formula is C16H25N3. The lowest BCUT2D eigenvalue weighted by molar-refractivity contribution is 0.247. The topological polar surface area (TPSA) is 19.4 Å². The van der Waals surface area contributed by atoms with Crippen LogP contribution in [-0.4, -0.2) is 42.1 Å². The van der Waals surface area contributed by atoms with Crippen LogP contribution in [0.2, 0.25) is 0 Å². The molecule has 3 nitrogen and oxygen atoms in total. The van der Waals surface area contributed by atoms with Crippen molar-refractivity contribution in [3.8, 4) is 0 Å². The molecule has 1 aromatic heterocycles. The van der Waals surface area contributed by atoms with Crippen molar-refractivity contribution in [1.82, 2.24) is 9.88 Å². The highest BCUT2D eigenvalue weighted by molar-refractivity contribution is 5.41. The van der Waals surface area contributed by atoms with Gasteiger partial charge in [-0.25, -0.2) is 4.98 Å². The van der Waals surface area contributed by atoms with Crippen LogP contribution in [0.5, 0.6) is 0 Å². The largest absolute Gasteiger partial charge is 0.354 e. The number of hydrogen-bond donors (Lipinski definition) is 0. The number of hydrogen-bond acceptors (Lipinski definition) is 3. The Morgan fingerprint density at radius 3 is 2.21 bits per heavy atom. The second-order valence-corrected chi connectivity index (χ2v) is 6.91. The molecule has 0 unspecified atom stereocenters. The molecule has 2 aliphatic rings. The first-order valence-corrected chi connectivity index (χ1v) is 7.49. The van der Waals surface area contributed by atoms with Gasteiger partial charge in [-0.3, -0.25) is 4.90 Å². The van der Waals surface area contributed by atoms with Crippen LogP contribution in [0.15, 0.2) is 18.3 Å². The summed E-state index contributed by atoms with van der Waals surface area (Å²) in [7, 11) is 0. The quantitative estimate of drug-likeness (QED) is 0.814. The molecule has 3 rings (SSSR count). The van der Waals surface area contributed by atoms with Crippen molar-refractivity contribution in [3.63, 3.8) is 0 Å². The van der Waals surface area contributed by atoms with Crippen molar-refractivity contribution in [2.24, 2.45) is 0 Å². The molecule has 0 atom stereocenters. The number of aromatic nitrogens is 1. The molecule has 104 valence electrons. The maximum Gasteiger partial charge on any atom is 0.128 e. The number of piperazine rings is 1. The monoisotopic (exact) mass is 259 g/mol. The normalized spacial score (nSPS) is 21.7. The van der Waals surface area contributed by atoms with Gasteiger partial charge in [0.25, 0.3) is 0 Å². The van der Waals surface area contributed by atoms with E-state index >= 15 is 0 Å². The van der Waals surface area contributed by atoms with Crippen LogP contribution in [0.4, 0.5) is 5.82 Å². The smallest absolute Gasteiger partial charge is 0.128 e. The Hall–Kier alpha value is -1.09. The van der Waals surface area contributed by atoms with Crippen molar-refractivity contribution in [1.29, 1.82) is 0 Å². The van der Waals surface area contributed by atoms with Gasteiger partial charge in [-0.2, -0.15) is 0 Å². The first-order valence-electron chi connectivity index (χ1n) is 7.49. The van der Waals surface area contributed by atoms with E-state index in [1.807, 2.05) is 6.20 Å². The standard InChI is InChI=1S/C16H25N3/c1-16(2,3)13-4-7-15(17-12-13)19-10-8-18(9-11-19)14-5-6-14/h4,7,12,14H,5-6,8-11H2,1-3H3. The van der Waals surface area contributed by atoms with Gasteiger partial charge in [0, 0.05) is 38.4 Å². The molecule has 0 bridgehead atoms. The molecular weight excluding hydrogens is 234 g/mol. The zero-order chi connectivity index (χ0) is 13.5. The lowest BCUT2D eigenvalue weighted by Gasteiger charge is -2.35. The lowest BCUT2D eigenvalue weighted by Crippen LogP contribution is -2.47. The molecule has 19 heavy (non-hydrogen) atoms. The van der Waals surface area contributed by atoms with Gasteiger partial charge < -0.3 is 4.90 Å². The second kappa shape index (κ2) is 4.78. The SMILES string of the molecule is CC(C)(C)c1ccc(N2CCN(C3CC3)CC2)nc1. The highest BCUT2D eigenvalue weighted by Gasteiger charge is 2.31. The Morgan fingerprint density at radius 2 is 1.74 bits per heavy atom. The highest BCUT2D eigenvalue weighted by Crippen LogP contribution is 2.28. The molecule has 1 saturated heterocycles. The molecule has 0 N–H and O–H groups in total. The van der Waals surface area contributed by atoms with Gasteiger partial charge in [0.1, 0.15) is 5.82 Å². The van der Waals surface area contributed by atoms with Gasteiger partial charge >= 0.3 is 0 Å². The lowest BCUT2D eigenvalue weighted by atomic mass is 9.88. The van der Waals surface area contributed by atoms with Gasteiger partial charge in [0.05, 0.1) is 0 Å². The van der Waals surface area contributed by atoms with Gasteiger partial charge in [-0.05, 0) is 29.9 Å². The molecule has 1 aliphatic carbocycles. The molecule has 1 saturated carbocycles. The van der Waals surface area contributed by atoms with Crippen molar-refractivity contribution in [2.75, 3.05) is 31.1 Å². The summed E-state index contributed by atoms with van der Waals surface area (Å²) >= 11 is 0. The number of anilines is 1.